The predicted octanol–water partition coefficient (Wildman–Crippen LogP) is 5.49. The number of likely N-dealkylation sites (tertiary alicyclic amines) is 1. The van der Waals surface area contributed by atoms with Gasteiger partial charge >= 0.3 is 0 Å². The summed E-state index contributed by atoms with van der Waals surface area (Å²) in [5.41, 5.74) is 2.61. The number of nitrogens with zero attached hydrogens (tertiary/aromatic N) is 2. The highest BCUT2D eigenvalue weighted by Crippen LogP contribution is 2.42. The Morgan fingerprint density at radius 3 is 2.55 bits per heavy atom. The maximum absolute atomic E-state index is 13.2. The van der Waals surface area contributed by atoms with Crippen molar-refractivity contribution in [3.8, 4) is 0 Å². The van der Waals surface area contributed by atoms with Gasteiger partial charge in [-0.25, -0.2) is 0 Å². The molecule has 1 fully saturated rings. The second-order valence-corrected chi connectivity index (χ2v) is 8.52. The van der Waals surface area contributed by atoms with Gasteiger partial charge in [0, 0.05) is 41.6 Å². The molecule has 0 spiro atoms. The largest absolute Gasteiger partial charge is 0.507 e. The first-order valence-corrected chi connectivity index (χ1v) is 10.9. The average molecular weight is 478 g/mol. The molecule has 1 atom stereocenters. The van der Waals surface area contributed by atoms with E-state index in [0.717, 1.165) is 16.5 Å². The molecular weight excluding hydrogens is 461 g/mol. The molecule has 5 rings (SSSR count). The van der Waals surface area contributed by atoms with E-state index in [2.05, 4.69) is 9.97 Å². The lowest BCUT2D eigenvalue weighted by Crippen LogP contribution is -2.29. The van der Waals surface area contributed by atoms with Crippen molar-refractivity contribution >= 4 is 51.6 Å². The van der Waals surface area contributed by atoms with Gasteiger partial charge in [0.2, 0.25) is 0 Å². The van der Waals surface area contributed by atoms with Crippen LogP contribution in [0.5, 0.6) is 0 Å². The van der Waals surface area contributed by atoms with Gasteiger partial charge in [0.25, 0.3) is 11.7 Å². The smallest absolute Gasteiger partial charge is 0.295 e. The van der Waals surface area contributed by atoms with E-state index in [1.165, 1.54) is 4.90 Å². The minimum Gasteiger partial charge on any atom is -0.507 e. The number of halogens is 2. The molecule has 6 nitrogen and oxygen atoms in total. The highest BCUT2D eigenvalue weighted by Gasteiger charge is 2.46. The van der Waals surface area contributed by atoms with Crippen molar-refractivity contribution in [2.45, 2.75) is 12.6 Å². The molecule has 8 heteroatoms. The quantitative estimate of drug-likeness (QED) is 0.231. The van der Waals surface area contributed by atoms with Gasteiger partial charge in [-0.1, -0.05) is 47.5 Å². The van der Waals surface area contributed by atoms with Crippen molar-refractivity contribution in [3.63, 3.8) is 0 Å². The number of aromatic amines is 1. The van der Waals surface area contributed by atoms with Crippen LogP contribution in [0.1, 0.15) is 22.7 Å². The summed E-state index contributed by atoms with van der Waals surface area (Å²) in [6.07, 6.45) is 4.86. The molecule has 2 N–H and O–H groups in total. The maximum atomic E-state index is 13.2. The standard InChI is InChI=1S/C25H17Cl2N3O3/c26-18-6-5-15(11-19(18)27)22-21(23(31)17-12-29-20-4-2-1-3-16(17)20)24(32)25(33)30(22)13-14-7-9-28-10-8-14/h1-12,22,29,31H,13H2/b23-21-. The second-order valence-electron chi connectivity index (χ2n) is 7.70. The molecule has 0 aliphatic carbocycles. The lowest BCUT2D eigenvalue weighted by Gasteiger charge is -2.25. The Morgan fingerprint density at radius 1 is 1.03 bits per heavy atom. The average Bonchev–Trinajstić information content (AvgIpc) is 3.36. The SMILES string of the molecule is O=C1C(=O)N(Cc2ccncc2)C(c2ccc(Cl)c(Cl)c2)/C1=C(/O)c1c[nH]c2ccccc12. The van der Waals surface area contributed by atoms with Gasteiger partial charge in [-0.05, 0) is 41.5 Å². The number of pyridine rings is 1. The number of amides is 1. The topological polar surface area (TPSA) is 86.3 Å². The summed E-state index contributed by atoms with van der Waals surface area (Å²) in [7, 11) is 0. The number of fused-ring (bicyclic) bond motifs is 1. The Labute approximate surface area is 199 Å². The van der Waals surface area contributed by atoms with Crippen LogP contribution in [0.3, 0.4) is 0 Å². The van der Waals surface area contributed by atoms with Crippen LogP contribution in [-0.2, 0) is 16.1 Å². The molecule has 1 aliphatic heterocycles. The number of Topliss-reactive ketones (excluding diaryl/α,β-unsaturated/α-hetero) is 1. The minimum absolute atomic E-state index is 0.00259. The van der Waals surface area contributed by atoms with Crippen LogP contribution in [0.15, 0.2) is 78.8 Å². The Balaban J connectivity index is 1.71. The molecule has 1 unspecified atom stereocenters. The molecule has 33 heavy (non-hydrogen) atoms. The number of para-hydroxylation sites is 1. The number of H-pyrrole nitrogens is 1. The zero-order chi connectivity index (χ0) is 23.1. The first kappa shape index (κ1) is 21.2. The molecule has 1 saturated heterocycles. The van der Waals surface area contributed by atoms with Crippen LogP contribution >= 0.6 is 23.2 Å². The van der Waals surface area contributed by atoms with Gasteiger partial charge in [-0.2, -0.15) is 0 Å². The molecule has 1 aliphatic rings. The van der Waals surface area contributed by atoms with Crippen molar-refractivity contribution < 1.29 is 14.7 Å². The van der Waals surface area contributed by atoms with Crippen LogP contribution in [0.25, 0.3) is 16.7 Å². The number of ketones is 1. The first-order chi connectivity index (χ1) is 16.0. The van der Waals surface area contributed by atoms with Gasteiger partial charge in [-0.15, -0.1) is 0 Å². The van der Waals surface area contributed by atoms with E-state index in [4.69, 9.17) is 23.2 Å². The fourth-order valence-electron chi connectivity index (χ4n) is 4.17. The number of aliphatic hydroxyl groups excluding tert-OH is 1. The van der Waals surface area contributed by atoms with Crippen molar-refractivity contribution in [2.75, 3.05) is 0 Å². The van der Waals surface area contributed by atoms with Crippen molar-refractivity contribution in [1.29, 1.82) is 0 Å². The first-order valence-electron chi connectivity index (χ1n) is 10.1. The van der Waals surface area contributed by atoms with Crippen LogP contribution in [-0.4, -0.2) is 31.7 Å². The zero-order valence-corrected chi connectivity index (χ0v) is 18.6. The van der Waals surface area contributed by atoms with Gasteiger partial charge in [0.05, 0.1) is 21.7 Å². The fraction of sp³-hybridized carbons (Fsp3) is 0.0800. The van der Waals surface area contributed by atoms with E-state index < -0.39 is 17.7 Å². The maximum Gasteiger partial charge on any atom is 0.295 e. The highest BCUT2D eigenvalue weighted by molar-refractivity contribution is 6.47. The summed E-state index contributed by atoms with van der Waals surface area (Å²) < 4.78 is 0. The third kappa shape index (κ3) is 3.67. The number of nitrogens with one attached hydrogen (secondary N) is 1. The van der Waals surface area contributed by atoms with Crippen molar-refractivity contribution in [1.82, 2.24) is 14.9 Å². The number of carbonyl (C=O) groups excluding carboxylic acids is 2. The summed E-state index contributed by atoms with van der Waals surface area (Å²) >= 11 is 12.4. The van der Waals surface area contributed by atoms with Crippen molar-refractivity contribution in [2.24, 2.45) is 0 Å². The predicted molar refractivity (Wildman–Crippen MR) is 127 cm³/mol. The third-order valence-electron chi connectivity index (χ3n) is 5.75. The molecule has 2 aromatic heterocycles. The Bertz CT molecular complexity index is 1430. The molecule has 3 heterocycles. The van der Waals surface area contributed by atoms with E-state index in [9.17, 15) is 14.7 Å². The second kappa shape index (κ2) is 8.39. The number of aliphatic hydroxyl groups is 1. The van der Waals surface area contributed by atoms with Crippen LogP contribution in [0, 0.1) is 0 Å². The summed E-state index contributed by atoms with van der Waals surface area (Å²) in [6.45, 7) is 0.155. The number of rotatable bonds is 4. The van der Waals surface area contributed by atoms with E-state index in [-0.39, 0.29) is 22.9 Å². The highest BCUT2D eigenvalue weighted by atomic mass is 35.5. The third-order valence-corrected chi connectivity index (χ3v) is 6.49. The normalized spacial score (nSPS) is 17.8. The molecule has 0 bridgehead atoms. The molecule has 164 valence electrons. The van der Waals surface area contributed by atoms with E-state index in [1.807, 2.05) is 24.3 Å². The Morgan fingerprint density at radius 2 is 1.79 bits per heavy atom. The number of aromatic nitrogens is 2. The minimum atomic E-state index is -0.846. The molecule has 1 amide bonds. The number of hydrogen-bond acceptors (Lipinski definition) is 4. The number of hydrogen-bond donors (Lipinski definition) is 2. The van der Waals surface area contributed by atoms with E-state index in [1.54, 1.807) is 48.9 Å². The Hall–Kier alpha value is -3.61. The van der Waals surface area contributed by atoms with Crippen molar-refractivity contribution in [3.05, 3.63) is 105 Å². The zero-order valence-electron chi connectivity index (χ0n) is 17.1. The van der Waals surface area contributed by atoms with Gasteiger partial charge in [0.1, 0.15) is 5.76 Å². The monoisotopic (exact) mass is 477 g/mol. The lowest BCUT2D eigenvalue weighted by atomic mass is 9.95. The van der Waals surface area contributed by atoms with Gasteiger partial charge in [0.15, 0.2) is 0 Å². The molecule has 0 radical (unpaired) electrons. The number of carbonyl (C=O) groups is 2. The molecule has 0 saturated carbocycles. The van der Waals surface area contributed by atoms with Crippen LogP contribution < -0.4 is 0 Å². The number of benzene rings is 2. The summed E-state index contributed by atoms with van der Waals surface area (Å²) in [4.78, 5) is 34.9. The Kier molecular flexibility index (Phi) is 5.40. The summed E-state index contributed by atoms with van der Waals surface area (Å²) in [5.74, 6) is -1.72. The molecule has 4 aromatic rings. The van der Waals surface area contributed by atoms with Crippen LogP contribution in [0.2, 0.25) is 10.0 Å². The summed E-state index contributed by atoms with van der Waals surface area (Å²) in [5, 5.41) is 12.7. The van der Waals surface area contributed by atoms with E-state index in [0.29, 0.717) is 16.1 Å². The molecule has 2 aromatic carbocycles. The van der Waals surface area contributed by atoms with Crippen LogP contribution in [0.4, 0.5) is 0 Å². The molecular formula is C25H17Cl2N3O3. The van der Waals surface area contributed by atoms with Gasteiger partial charge in [-0.3, -0.25) is 14.6 Å². The summed E-state index contributed by atoms with van der Waals surface area (Å²) in [6, 6.07) is 15.0. The van der Waals surface area contributed by atoms with Gasteiger partial charge < -0.3 is 15.0 Å². The lowest BCUT2D eigenvalue weighted by molar-refractivity contribution is -0.140. The fourth-order valence-corrected chi connectivity index (χ4v) is 4.48. The van der Waals surface area contributed by atoms with E-state index >= 15 is 0 Å².